The van der Waals surface area contributed by atoms with Gasteiger partial charge in [-0.3, -0.25) is 4.90 Å². The molecule has 0 saturated carbocycles. The summed E-state index contributed by atoms with van der Waals surface area (Å²) in [4.78, 5) is 23.7. The van der Waals surface area contributed by atoms with Gasteiger partial charge in [-0.05, 0) is 30.5 Å². The van der Waals surface area contributed by atoms with Gasteiger partial charge in [0.1, 0.15) is 5.75 Å². The molecule has 2 aliphatic rings. The van der Waals surface area contributed by atoms with E-state index in [1.165, 1.54) is 5.56 Å². The van der Waals surface area contributed by atoms with E-state index >= 15 is 0 Å². The number of imidazole rings is 1. The number of aryl methyl sites for hydroxylation is 1. The Bertz CT molecular complexity index is 847. The number of ether oxygens (including phenoxy) is 1. The van der Waals surface area contributed by atoms with Gasteiger partial charge in [0.15, 0.2) is 0 Å². The van der Waals surface area contributed by atoms with E-state index in [0.717, 1.165) is 44.2 Å². The molecule has 2 aliphatic heterocycles. The molecule has 0 unspecified atom stereocenters. The van der Waals surface area contributed by atoms with E-state index in [1.807, 2.05) is 32.6 Å². The van der Waals surface area contributed by atoms with Crippen LogP contribution in [0.15, 0.2) is 36.8 Å². The van der Waals surface area contributed by atoms with Gasteiger partial charge in [0.25, 0.3) is 0 Å². The number of hydrogen-bond acceptors (Lipinski definition) is 4. The van der Waals surface area contributed by atoms with E-state index in [-0.39, 0.29) is 12.1 Å². The Labute approximate surface area is 172 Å². The molecule has 4 rings (SSSR count). The summed E-state index contributed by atoms with van der Waals surface area (Å²) in [6.45, 7) is 6.74. The van der Waals surface area contributed by atoms with Crippen LogP contribution in [0.5, 0.6) is 5.75 Å². The van der Waals surface area contributed by atoms with Crippen molar-refractivity contribution in [3.63, 3.8) is 0 Å². The average Bonchev–Trinajstić information content (AvgIpc) is 3.42. The fourth-order valence-corrected chi connectivity index (χ4v) is 4.84. The number of rotatable bonds is 5. The molecule has 2 aromatic rings. The monoisotopic (exact) mass is 397 g/mol. The Balaban J connectivity index is 1.54. The maximum atomic E-state index is 12.9. The van der Waals surface area contributed by atoms with Crippen LogP contribution in [-0.2, 0) is 13.1 Å². The first-order chi connectivity index (χ1) is 14.0. The van der Waals surface area contributed by atoms with Gasteiger partial charge < -0.3 is 19.1 Å². The zero-order valence-electron chi connectivity index (χ0n) is 17.8. The van der Waals surface area contributed by atoms with Crippen molar-refractivity contribution in [1.82, 2.24) is 24.3 Å². The minimum absolute atomic E-state index is 0.0912. The lowest BCUT2D eigenvalue weighted by atomic mass is 9.89. The van der Waals surface area contributed by atoms with Gasteiger partial charge in [0.05, 0.1) is 25.2 Å². The van der Waals surface area contributed by atoms with E-state index in [2.05, 4.69) is 44.6 Å². The molecule has 29 heavy (non-hydrogen) atoms. The highest BCUT2D eigenvalue weighted by Crippen LogP contribution is 2.45. The summed E-state index contributed by atoms with van der Waals surface area (Å²) < 4.78 is 7.43. The second-order valence-electron chi connectivity index (χ2n) is 8.36. The number of nitrogens with zero attached hydrogens (tertiary/aromatic N) is 5. The van der Waals surface area contributed by atoms with Crippen LogP contribution in [0.4, 0.5) is 4.79 Å². The van der Waals surface area contributed by atoms with Crippen molar-refractivity contribution < 1.29 is 9.53 Å². The summed E-state index contributed by atoms with van der Waals surface area (Å²) in [5, 5.41) is 0. The lowest BCUT2D eigenvalue weighted by Crippen LogP contribution is -2.41. The summed E-state index contributed by atoms with van der Waals surface area (Å²) in [6, 6.07) is 8.38. The van der Waals surface area contributed by atoms with Crippen LogP contribution in [-0.4, -0.2) is 71.1 Å². The minimum Gasteiger partial charge on any atom is -0.497 e. The number of urea groups is 1. The highest BCUT2D eigenvalue weighted by atomic mass is 16.5. The van der Waals surface area contributed by atoms with Gasteiger partial charge in [-0.2, -0.15) is 0 Å². The van der Waals surface area contributed by atoms with E-state index in [9.17, 15) is 4.79 Å². The number of benzene rings is 1. The molecule has 0 aliphatic carbocycles. The lowest BCUT2D eigenvalue weighted by Gasteiger charge is -2.31. The van der Waals surface area contributed by atoms with Gasteiger partial charge >= 0.3 is 6.03 Å². The van der Waals surface area contributed by atoms with E-state index < -0.39 is 0 Å². The van der Waals surface area contributed by atoms with Gasteiger partial charge in [-0.1, -0.05) is 12.1 Å². The van der Waals surface area contributed by atoms with Gasteiger partial charge in [0.2, 0.25) is 0 Å². The predicted octanol–water partition coefficient (Wildman–Crippen LogP) is 2.70. The Morgan fingerprint density at radius 3 is 2.59 bits per heavy atom. The summed E-state index contributed by atoms with van der Waals surface area (Å²) in [5.41, 5.74) is 2.31. The number of aromatic nitrogens is 2. The summed E-state index contributed by atoms with van der Waals surface area (Å²) in [7, 11) is 5.34. The van der Waals surface area contributed by atoms with E-state index in [1.54, 1.807) is 12.0 Å². The Kier molecular flexibility index (Phi) is 5.50. The van der Waals surface area contributed by atoms with Gasteiger partial charge in [0, 0.05) is 58.9 Å². The van der Waals surface area contributed by atoms with Gasteiger partial charge in [-0.25, -0.2) is 9.78 Å². The second-order valence-corrected chi connectivity index (χ2v) is 8.36. The fourth-order valence-electron chi connectivity index (χ4n) is 4.84. The molecule has 1 aromatic carbocycles. The fraction of sp³-hybridized carbons (Fsp3) is 0.545. The topological polar surface area (TPSA) is 53.8 Å². The van der Waals surface area contributed by atoms with Crippen LogP contribution in [0.2, 0.25) is 0 Å². The minimum atomic E-state index is 0.0912. The van der Waals surface area contributed by atoms with Crippen molar-refractivity contribution >= 4 is 6.03 Å². The van der Waals surface area contributed by atoms with Gasteiger partial charge in [-0.15, -0.1) is 0 Å². The first-order valence-electron chi connectivity index (χ1n) is 10.3. The van der Waals surface area contributed by atoms with Crippen molar-refractivity contribution in [2.24, 2.45) is 11.8 Å². The van der Waals surface area contributed by atoms with Crippen molar-refractivity contribution in [3.05, 3.63) is 48.0 Å². The number of amides is 2. The first kappa shape index (κ1) is 19.8. The molecule has 0 N–H and O–H groups in total. The number of likely N-dealkylation sites (tertiary alicyclic amines) is 2. The zero-order chi connectivity index (χ0) is 20.5. The largest absolute Gasteiger partial charge is 0.497 e. The van der Waals surface area contributed by atoms with E-state index in [0.29, 0.717) is 11.8 Å². The molecule has 1 aromatic heterocycles. The zero-order valence-corrected chi connectivity index (χ0v) is 17.8. The molecular formula is C22H31N5O2. The first-order valence-corrected chi connectivity index (χ1v) is 10.3. The molecule has 156 valence electrons. The van der Waals surface area contributed by atoms with Crippen molar-refractivity contribution in [2.45, 2.75) is 26.1 Å². The molecule has 2 fully saturated rings. The van der Waals surface area contributed by atoms with Crippen LogP contribution in [0.3, 0.4) is 0 Å². The molecular weight excluding hydrogens is 366 g/mol. The standard InChI is InChI=1S/C22H31N5O2/c1-5-25-12-18(23-15-25)13-26-10-17-11-27(22(28)24(2)3)21(20(17)14-26)16-6-8-19(29-4)9-7-16/h6-9,12,15,17,20-21H,5,10-11,13-14H2,1-4H3/t17-,20-,21+/m1/s1. The third-order valence-electron chi connectivity index (χ3n) is 6.26. The predicted molar refractivity (Wildman–Crippen MR) is 112 cm³/mol. The SMILES string of the molecule is CCn1cnc(CN2C[C@@H]3CN(C(=O)N(C)C)[C@@H](c4ccc(OC)cc4)[C@@H]3C2)c1. The third kappa shape index (κ3) is 3.83. The maximum Gasteiger partial charge on any atom is 0.320 e. The molecule has 2 saturated heterocycles. The van der Waals surface area contributed by atoms with Crippen LogP contribution < -0.4 is 4.74 Å². The molecule has 7 heteroatoms. The number of carbonyl (C=O) groups excluding carboxylic acids is 1. The van der Waals surface area contributed by atoms with Crippen LogP contribution >= 0.6 is 0 Å². The highest BCUT2D eigenvalue weighted by Gasteiger charge is 2.49. The summed E-state index contributed by atoms with van der Waals surface area (Å²) in [5.74, 6) is 1.76. The average molecular weight is 398 g/mol. The van der Waals surface area contributed by atoms with Crippen LogP contribution in [0.25, 0.3) is 0 Å². The number of hydrogen-bond donors (Lipinski definition) is 0. The molecule has 0 bridgehead atoms. The lowest BCUT2D eigenvalue weighted by molar-refractivity contribution is 0.151. The highest BCUT2D eigenvalue weighted by molar-refractivity contribution is 5.75. The smallest absolute Gasteiger partial charge is 0.320 e. The molecule has 3 heterocycles. The Morgan fingerprint density at radius 2 is 1.97 bits per heavy atom. The molecule has 0 radical (unpaired) electrons. The molecule has 2 amide bonds. The maximum absolute atomic E-state index is 12.9. The number of methoxy groups -OCH3 is 1. The molecule has 0 spiro atoms. The third-order valence-corrected chi connectivity index (χ3v) is 6.26. The Hall–Kier alpha value is -2.54. The summed E-state index contributed by atoms with van der Waals surface area (Å²) in [6.07, 6.45) is 4.04. The number of fused-ring (bicyclic) bond motifs is 1. The van der Waals surface area contributed by atoms with E-state index in [4.69, 9.17) is 4.74 Å². The quantitative estimate of drug-likeness (QED) is 0.779. The van der Waals surface area contributed by atoms with Crippen LogP contribution in [0.1, 0.15) is 24.2 Å². The normalized spacial score (nSPS) is 24.0. The molecule has 7 nitrogen and oxygen atoms in total. The van der Waals surface area contributed by atoms with Crippen molar-refractivity contribution in [3.8, 4) is 5.75 Å². The van der Waals surface area contributed by atoms with Crippen LogP contribution in [0, 0.1) is 11.8 Å². The molecule has 3 atom stereocenters. The van der Waals surface area contributed by atoms with Crippen molar-refractivity contribution in [2.75, 3.05) is 40.8 Å². The van der Waals surface area contributed by atoms with Crippen molar-refractivity contribution in [1.29, 1.82) is 0 Å². The summed E-state index contributed by atoms with van der Waals surface area (Å²) >= 11 is 0. The second kappa shape index (κ2) is 8.06. The Morgan fingerprint density at radius 1 is 1.21 bits per heavy atom. The number of carbonyl (C=O) groups is 1.